The molecule has 0 aliphatic carbocycles. The maximum Gasteiger partial charge on any atom is 0.0718 e. The fraction of sp³-hybridized carbons (Fsp3) is 0.400. The molecule has 2 N–H and O–H groups in total. The third-order valence-corrected chi connectivity index (χ3v) is 3.58. The Balaban J connectivity index is 2.58. The monoisotopic (exact) mass is 243 g/mol. The molecule has 3 nitrogen and oxygen atoms in total. The molecule has 2 aromatic rings. The van der Waals surface area contributed by atoms with Crippen molar-refractivity contribution in [2.75, 3.05) is 6.54 Å². The van der Waals surface area contributed by atoms with E-state index >= 15 is 0 Å². The predicted octanol–water partition coefficient (Wildman–Crippen LogP) is 2.51. The molecule has 0 fully saturated rings. The molecule has 18 heavy (non-hydrogen) atoms. The normalized spacial score (nSPS) is 10.9. The predicted molar refractivity (Wildman–Crippen MR) is 75.6 cm³/mol. The van der Waals surface area contributed by atoms with Crippen molar-refractivity contribution in [3.63, 3.8) is 0 Å². The summed E-state index contributed by atoms with van der Waals surface area (Å²) >= 11 is 0. The number of benzene rings is 1. The standard InChI is InChI=1S/C15H21N3/c1-10-5-6-13(9-11(10)2)15-12(3)18(4)17-14(15)7-8-16/h5-6,9H,7-8,16H2,1-4H3. The van der Waals surface area contributed by atoms with Crippen LogP contribution in [-0.4, -0.2) is 16.3 Å². The summed E-state index contributed by atoms with van der Waals surface area (Å²) in [5.41, 5.74) is 13.1. The van der Waals surface area contributed by atoms with Crippen LogP contribution < -0.4 is 5.73 Å². The summed E-state index contributed by atoms with van der Waals surface area (Å²) in [4.78, 5) is 0. The van der Waals surface area contributed by atoms with E-state index < -0.39 is 0 Å². The van der Waals surface area contributed by atoms with E-state index in [1.165, 1.54) is 27.9 Å². The zero-order valence-electron chi connectivity index (χ0n) is 11.6. The van der Waals surface area contributed by atoms with Crippen molar-refractivity contribution in [3.8, 4) is 11.1 Å². The third kappa shape index (κ3) is 2.18. The number of hydrogen-bond acceptors (Lipinski definition) is 2. The minimum atomic E-state index is 0.633. The summed E-state index contributed by atoms with van der Waals surface area (Å²) in [5, 5.41) is 4.57. The molecule has 0 aliphatic heterocycles. The molecule has 1 heterocycles. The van der Waals surface area contributed by atoms with Crippen LogP contribution in [0.1, 0.15) is 22.5 Å². The first-order valence-corrected chi connectivity index (χ1v) is 6.34. The van der Waals surface area contributed by atoms with Gasteiger partial charge in [0.2, 0.25) is 0 Å². The molecule has 96 valence electrons. The molecule has 0 saturated heterocycles. The smallest absolute Gasteiger partial charge is 0.0718 e. The second-order valence-electron chi connectivity index (χ2n) is 4.87. The molecular weight excluding hydrogens is 222 g/mol. The van der Waals surface area contributed by atoms with Crippen LogP contribution in [0.5, 0.6) is 0 Å². The average Bonchev–Trinajstić information content (AvgIpc) is 2.60. The lowest BCUT2D eigenvalue weighted by atomic mass is 9.98. The zero-order valence-corrected chi connectivity index (χ0v) is 11.6. The summed E-state index contributed by atoms with van der Waals surface area (Å²) in [7, 11) is 1.99. The van der Waals surface area contributed by atoms with Crippen molar-refractivity contribution in [1.29, 1.82) is 0 Å². The van der Waals surface area contributed by atoms with Crippen LogP contribution in [0.4, 0.5) is 0 Å². The highest BCUT2D eigenvalue weighted by atomic mass is 15.3. The van der Waals surface area contributed by atoms with E-state index in [0.717, 1.165) is 12.1 Å². The molecule has 0 atom stereocenters. The van der Waals surface area contributed by atoms with Crippen LogP contribution in [0.2, 0.25) is 0 Å². The highest BCUT2D eigenvalue weighted by Gasteiger charge is 2.14. The number of aromatic nitrogens is 2. The van der Waals surface area contributed by atoms with Gasteiger partial charge < -0.3 is 5.73 Å². The Bertz CT molecular complexity index is 567. The molecule has 0 unspecified atom stereocenters. The van der Waals surface area contributed by atoms with Gasteiger partial charge in [0.15, 0.2) is 0 Å². The van der Waals surface area contributed by atoms with E-state index in [4.69, 9.17) is 5.73 Å². The maximum atomic E-state index is 5.67. The van der Waals surface area contributed by atoms with Gasteiger partial charge in [0, 0.05) is 24.7 Å². The Morgan fingerprint density at radius 3 is 2.50 bits per heavy atom. The molecule has 1 aromatic heterocycles. The zero-order chi connectivity index (χ0) is 13.3. The van der Waals surface area contributed by atoms with Crippen LogP contribution in [-0.2, 0) is 13.5 Å². The Morgan fingerprint density at radius 2 is 1.89 bits per heavy atom. The van der Waals surface area contributed by atoms with Crippen molar-refractivity contribution in [3.05, 3.63) is 40.7 Å². The summed E-state index contributed by atoms with van der Waals surface area (Å²) < 4.78 is 1.94. The molecule has 0 radical (unpaired) electrons. The lowest BCUT2D eigenvalue weighted by Gasteiger charge is -2.07. The Labute approximate surface area is 109 Å². The van der Waals surface area contributed by atoms with Crippen molar-refractivity contribution in [1.82, 2.24) is 9.78 Å². The van der Waals surface area contributed by atoms with Gasteiger partial charge in [-0.25, -0.2) is 0 Å². The van der Waals surface area contributed by atoms with Crippen molar-refractivity contribution in [2.24, 2.45) is 12.8 Å². The number of rotatable bonds is 3. The topological polar surface area (TPSA) is 43.8 Å². The van der Waals surface area contributed by atoms with Gasteiger partial charge in [-0.1, -0.05) is 18.2 Å². The van der Waals surface area contributed by atoms with Gasteiger partial charge in [0.25, 0.3) is 0 Å². The average molecular weight is 243 g/mol. The van der Waals surface area contributed by atoms with Gasteiger partial charge in [0.05, 0.1) is 5.69 Å². The summed E-state index contributed by atoms with van der Waals surface area (Å²) in [6.45, 7) is 7.02. The number of nitrogens with two attached hydrogens (primary N) is 1. The van der Waals surface area contributed by atoms with Gasteiger partial charge in [-0.15, -0.1) is 0 Å². The molecule has 0 saturated carbocycles. The fourth-order valence-corrected chi connectivity index (χ4v) is 2.26. The summed E-state index contributed by atoms with van der Waals surface area (Å²) in [6.07, 6.45) is 0.823. The molecule has 0 spiro atoms. The van der Waals surface area contributed by atoms with Gasteiger partial charge >= 0.3 is 0 Å². The number of aryl methyl sites for hydroxylation is 3. The Hall–Kier alpha value is -1.61. The second-order valence-corrected chi connectivity index (χ2v) is 4.87. The first-order chi connectivity index (χ1) is 8.54. The minimum Gasteiger partial charge on any atom is -0.330 e. The second kappa shape index (κ2) is 4.94. The molecule has 1 aromatic carbocycles. The summed E-state index contributed by atoms with van der Waals surface area (Å²) in [5.74, 6) is 0. The van der Waals surface area contributed by atoms with Gasteiger partial charge in [-0.05, 0) is 44.0 Å². The first kappa shape index (κ1) is 12.8. The van der Waals surface area contributed by atoms with E-state index in [0.29, 0.717) is 6.54 Å². The van der Waals surface area contributed by atoms with E-state index in [2.05, 4.69) is 44.1 Å². The Kier molecular flexibility index (Phi) is 3.53. The van der Waals surface area contributed by atoms with Gasteiger partial charge in [-0.3, -0.25) is 4.68 Å². The highest BCUT2D eigenvalue weighted by Crippen LogP contribution is 2.28. The SMILES string of the molecule is Cc1ccc(-c2c(CCN)nn(C)c2C)cc1C. The molecule has 3 heteroatoms. The maximum absolute atomic E-state index is 5.67. The molecule has 0 bridgehead atoms. The third-order valence-electron chi connectivity index (χ3n) is 3.58. The van der Waals surface area contributed by atoms with E-state index in [1.807, 2.05) is 11.7 Å². The van der Waals surface area contributed by atoms with Crippen LogP contribution in [0.3, 0.4) is 0 Å². The molecular formula is C15H21N3. The Morgan fingerprint density at radius 1 is 1.17 bits per heavy atom. The van der Waals surface area contributed by atoms with Crippen LogP contribution in [0.25, 0.3) is 11.1 Å². The molecule has 0 amide bonds. The largest absolute Gasteiger partial charge is 0.330 e. The van der Waals surface area contributed by atoms with E-state index in [1.54, 1.807) is 0 Å². The molecule has 2 rings (SSSR count). The van der Waals surface area contributed by atoms with Crippen molar-refractivity contribution in [2.45, 2.75) is 27.2 Å². The first-order valence-electron chi connectivity index (χ1n) is 6.34. The lowest BCUT2D eigenvalue weighted by Crippen LogP contribution is -2.04. The van der Waals surface area contributed by atoms with E-state index in [9.17, 15) is 0 Å². The summed E-state index contributed by atoms with van der Waals surface area (Å²) in [6, 6.07) is 6.58. The quantitative estimate of drug-likeness (QED) is 0.900. The van der Waals surface area contributed by atoms with E-state index in [-0.39, 0.29) is 0 Å². The molecule has 0 aliphatic rings. The number of hydrogen-bond donors (Lipinski definition) is 1. The van der Waals surface area contributed by atoms with Crippen LogP contribution >= 0.6 is 0 Å². The minimum absolute atomic E-state index is 0.633. The van der Waals surface area contributed by atoms with Gasteiger partial charge in [0.1, 0.15) is 0 Å². The number of nitrogens with zero attached hydrogens (tertiary/aromatic N) is 2. The van der Waals surface area contributed by atoms with Crippen LogP contribution in [0.15, 0.2) is 18.2 Å². The lowest BCUT2D eigenvalue weighted by molar-refractivity contribution is 0.718. The van der Waals surface area contributed by atoms with Crippen molar-refractivity contribution < 1.29 is 0 Å². The fourth-order valence-electron chi connectivity index (χ4n) is 2.26. The van der Waals surface area contributed by atoms with Gasteiger partial charge in [-0.2, -0.15) is 5.10 Å². The van der Waals surface area contributed by atoms with Crippen molar-refractivity contribution >= 4 is 0 Å². The highest BCUT2D eigenvalue weighted by molar-refractivity contribution is 5.69. The van der Waals surface area contributed by atoms with Crippen LogP contribution in [0, 0.1) is 20.8 Å².